The number of aromatic nitrogens is 2. The number of amides is 2. The molecule has 1 aliphatic rings. The van der Waals surface area contributed by atoms with Gasteiger partial charge in [0.05, 0.1) is 11.9 Å². The Kier molecular flexibility index (Phi) is 6.16. The van der Waals surface area contributed by atoms with Gasteiger partial charge in [-0.2, -0.15) is 5.10 Å². The molecule has 0 bridgehead atoms. The molecule has 0 radical (unpaired) electrons. The SMILES string of the molecule is CC(C)(C)N1CCCN(C(=O)NCCc2cnn(-c3ccccc3)c2)CC1. The zero-order chi connectivity index (χ0) is 19.3. The molecule has 0 unspecified atom stereocenters. The van der Waals surface area contributed by atoms with Crippen LogP contribution in [0, 0.1) is 0 Å². The van der Waals surface area contributed by atoms with Crippen molar-refractivity contribution in [3.05, 3.63) is 48.3 Å². The highest BCUT2D eigenvalue weighted by atomic mass is 16.2. The summed E-state index contributed by atoms with van der Waals surface area (Å²) in [7, 11) is 0. The maximum absolute atomic E-state index is 12.5. The molecule has 1 aromatic heterocycles. The zero-order valence-corrected chi connectivity index (χ0v) is 16.7. The summed E-state index contributed by atoms with van der Waals surface area (Å²) in [4.78, 5) is 16.9. The van der Waals surface area contributed by atoms with E-state index in [2.05, 4.69) is 36.1 Å². The Bertz CT molecular complexity index is 735. The van der Waals surface area contributed by atoms with E-state index in [1.54, 1.807) is 0 Å². The lowest BCUT2D eigenvalue weighted by Gasteiger charge is -2.34. The highest BCUT2D eigenvalue weighted by Crippen LogP contribution is 2.16. The summed E-state index contributed by atoms with van der Waals surface area (Å²) in [5.74, 6) is 0. The topological polar surface area (TPSA) is 53.4 Å². The standard InChI is InChI=1S/C21H31N5O/c1-21(2,3)25-13-7-12-24(14-15-25)20(27)22-11-10-18-16-23-26(17-18)19-8-5-4-6-9-19/h4-6,8-9,16-17H,7,10-15H2,1-3H3,(H,22,27). The quantitative estimate of drug-likeness (QED) is 0.902. The van der Waals surface area contributed by atoms with Gasteiger partial charge in [-0.25, -0.2) is 9.48 Å². The van der Waals surface area contributed by atoms with Gasteiger partial charge in [-0.15, -0.1) is 0 Å². The molecule has 6 nitrogen and oxygen atoms in total. The second-order valence-electron chi connectivity index (χ2n) is 8.11. The summed E-state index contributed by atoms with van der Waals surface area (Å²) < 4.78 is 1.87. The summed E-state index contributed by atoms with van der Waals surface area (Å²) in [6.07, 6.45) is 5.69. The van der Waals surface area contributed by atoms with E-state index in [4.69, 9.17) is 0 Å². The first-order valence-electron chi connectivity index (χ1n) is 9.80. The fourth-order valence-corrected chi connectivity index (χ4v) is 3.43. The first-order chi connectivity index (χ1) is 12.9. The van der Waals surface area contributed by atoms with E-state index in [1.807, 2.05) is 52.3 Å². The predicted octanol–water partition coefficient (Wildman–Crippen LogP) is 2.93. The third kappa shape index (κ3) is 5.32. The summed E-state index contributed by atoms with van der Waals surface area (Å²) in [6.45, 7) is 10.9. The number of para-hydroxylation sites is 1. The molecular formula is C21H31N5O. The highest BCUT2D eigenvalue weighted by Gasteiger charge is 2.25. The van der Waals surface area contributed by atoms with Crippen LogP contribution < -0.4 is 5.32 Å². The van der Waals surface area contributed by atoms with Gasteiger partial charge in [0.2, 0.25) is 0 Å². The van der Waals surface area contributed by atoms with Crippen LogP contribution >= 0.6 is 0 Å². The van der Waals surface area contributed by atoms with E-state index < -0.39 is 0 Å². The van der Waals surface area contributed by atoms with E-state index >= 15 is 0 Å². The smallest absolute Gasteiger partial charge is 0.317 e. The summed E-state index contributed by atoms with van der Waals surface area (Å²) in [5, 5.41) is 7.47. The maximum atomic E-state index is 12.5. The minimum Gasteiger partial charge on any atom is -0.338 e. The number of urea groups is 1. The lowest BCUT2D eigenvalue weighted by atomic mass is 10.1. The molecule has 0 spiro atoms. The Morgan fingerprint density at radius 3 is 2.63 bits per heavy atom. The molecule has 1 saturated heterocycles. The molecule has 3 rings (SSSR count). The molecule has 6 heteroatoms. The molecule has 0 aliphatic carbocycles. The zero-order valence-electron chi connectivity index (χ0n) is 16.7. The predicted molar refractivity (Wildman–Crippen MR) is 108 cm³/mol. The van der Waals surface area contributed by atoms with Crippen molar-refractivity contribution in [1.29, 1.82) is 0 Å². The number of nitrogens with zero attached hydrogens (tertiary/aromatic N) is 4. The van der Waals surface area contributed by atoms with Gasteiger partial charge in [-0.3, -0.25) is 4.90 Å². The number of carbonyl (C=O) groups excluding carboxylic acids is 1. The van der Waals surface area contributed by atoms with Crippen LogP contribution in [0.4, 0.5) is 4.79 Å². The van der Waals surface area contributed by atoms with Gasteiger partial charge in [0.25, 0.3) is 0 Å². The minimum atomic E-state index is 0.0428. The molecule has 1 aliphatic heterocycles. The minimum absolute atomic E-state index is 0.0428. The van der Waals surface area contributed by atoms with Crippen LogP contribution in [0.2, 0.25) is 0 Å². The third-order valence-corrected chi connectivity index (χ3v) is 5.08. The Morgan fingerprint density at radius 2 is 1.89 bits per heavy atom. The fraction of sp³-hybridized carbons (Fsp3) is 0.524. The lowest BCUT2D eigenvalue weighted by Crippen LogP contribution is -2.45. The molecule has 146 valence electrons. The normalized spacial score (nSPS) is 16.2. The molecular weight excluding hydrogens is 338 g/mol. The molecule has 1 aromatic carbocycles. The number of nitrogens with one attached hydrogen (secondary N) is 1. The van der Waals surface area contributed by atoms with Gasteiger partial charge in [0.15, 0.2) is 0 Å². The molecule has 2 heterocycles. The van der Waals surface area contributed by atoms with E-state index in [0.29, 0.717) is 6.54 Å². The first-order valence-corrected chi connectivity index (χ1v) is 9.80. The average molecular weight is 370 g/mol. The molecule has 0 atom stereocenters. The van der Waals surface area contributed by atoms with Gasteiger partial charge >= 0.3 is 6.03 Å². The van der Waals surface area contributed by atoms with Crippen molar-refractivity contribution in [2.24, 2.45) is 0 Å². The fourth-order valence-electron chi connectivity index (χ4n) is 3.43. The molecule has 1 N–H and O–H groups in total. The largest absolute Gasteiger partial charge is 0.338 e. The molecule has 27 heavy (non-hydrogen) atoms. The van der Waals surface area contributed by atoms with Crippen LogP contribution in [0.1, 0.15) is 32.8 Å². The average Bonchev–Trinajstić information content (AvgIpc) is 2.96. The highest BCUT2D eigenvalue weighted by molar-refractivity contribution is 5.74. The molecule has 0 saturated carbocycles. The van der Waals surface area contributed by atoms with Crippen LogP contribution in [-0.4, -0.2) is 63.9 Å². The molecule has 1 fully saturated rings. The Hall–Kier alpha value is -2.34. The first kappa shape index (κ1) is 19.4. The summed E-state index contributed by atoms with van der Waals surface area (Å²) in [6, 6.07) is 10.1. The second kappa shape index (κ2) is 8.57. The summed E-state index contributed by atoms with van der Waals surface area (Å²) >= 11 is 0. The van der Waals surface area contributed by atoms with Crippen molar-refractivity contribution in [1.82, 2.24) is 24.9 Å². The van der Waals surface area contributed by atoms with Crippen molar-refractivity contribution < 1.29 is 4.79 Å². The van der Waals surface area contributed by atoms with Gasteiger partial charge in [-0.05, 0) is 51.3 Å². The Balaban J connectivity index is 1.45. The number of hydrogen-bond donors (Lipinski definition) is 1. The Labute approximate surface area is 162 Å². The van der Waals surface area contributed by atoms with Crippen molar-refractivity contribution in [2.45, 2.75) is 39.2 Å². The van der Waals surface area contributed by atoms with Crippen LogP contribution in [0.25, 0.3) is 5.69 Å². The molecule has 2 amide bonds. The number of carbonyl (C=O) groups is 1. The number of rotatable bonds is 4. The second-order valence-corrected chi connectivity index (χ2v) is 8.11. The third-order valence-electron chi connectivity index (χ3n) is 5.08. The lowest BCUT2D eigenvalue weighted by molar-refractivity contribution is 0.141. The Morgan fingerprint density at radius 1 is 1.11 bits per heavy atom. The van der Waals surface area contributed by atoms with Gasteiger partial charge in [0, 0.05) is 44.5 Å². The van der Waals surface area contributed by atoms with E-state index in [9.17, 15) is 4.79 Å². The van der Waals surface area contributed by atoms with E-state index in [1.165, 1.54) is 0 Å². The number of benzene rings is 1. The van der Waals surface area contributed by atoms with Crippen LogP contribution in [0.15, 0.2) is 42.7 Å². The van der Waals surface area contributed by atoms with Crippen molar-refractivity contribution in [3.8, 4) is 5.69 Å². The van der Waals surface area contributed by atoms with Crippen molar-refractivity contribution in [3.63, 3.8) is 0 Å². The van der Waals surface area contributed by atoms with Crippen LogP contribution in [0.5, 0.6) is 0 Å². The summed E-state index contributed by atoms with van der Waals surface area (Å²) in [5.41, 5.74) is 2.32. The van der Waals surface area contributed by atoms with Gasteiger partial charge in [-0.1, -0.05) is 18.2 Å². The van der Waals surface area contributed by atoms with Gasteiger partial charge < -0.3 is 10.2 Å². The van der Waals surface area contributed by atoms with E-state index in [0.717, 1.165) is 50.3 Å². The van der Waals surface area contributed by atoms with E-state index in [-0.39, 0.29) is 11.6 Å². The monoisotopic (exact) mass is 369 g/mol. The van der Waals surface area contributed by atoms with Gasteiger partial charge in [0.1, 0.15) is 0 Å². The van der Waals surface area contributed by atoms with Crippen molar-refractivity contribution >= 4 is 6.03 Å². The maximum Gasteiger partial charge on any atom is 0.317 e. The number of hydrogen-bond acceptors (Lipinski definition) is 3. The van der Waals surface area contributed by atoms with Crippen LogP contribution in [-0.2, 0) is 6.42 Å². The molecule has 2 aromatic rings. The van der Waals surface area contributed by atoms with Crippen LogP contribution in [0.3, 0.4) is 0 Å². The van der Waals surface area contributed by atoms with Crippen molar-refractivity contribution in [2.75, 3.05) is 32.7 Å².